The molecule has 0 amide bonds. The van der Waals surface area contributed by atoms with E-state index in [2.05, 4.69) is 10.5 Å². The Kier molecular flexibility index (Phi) is 4.13. The number of nitrogens with two attached hydrogens (primary N) is 1. The number of benzene rings is 1. The summed E-state index contributed by atoms with van der Waals surface area (Å²) in [4.78, 5) is 0. The van der Waals surface area contributed by atoms with E-state index in [9.17, 15) is 4.39 Å². The zero-order valence-corrected chi connectivity index (χ0v) is 10.9. The number of rotatable bonds is 5. The summed E-state index contributed by atoms with van der Waals surface area (Å²) in [7, 11) is 3.27. The van der Waals surface area contributed by atoms with Crippen LogP contribution in [0.4, 0.5) is 4.39 Å². The van der Waals surface area contributed by atoms with Crippen molar-refractivity contribution in [1.82, 2.24) is 15.2 Å². The largest absolute Gasteiger partial charge is 0.494 e. The Morgan fingerprint density at radius 3 is 2.84 bits per heavy atom. The molecule has 0 aliphatic heterocycles. The lowest BCUT2D eigenvalue weighted by Crippen LogP contribution is -2.30. The van der Waals surface area contributed by atoms with Crippen LogP contribution in [-0.4, -0.2) is 16.9 Å². The number of halogens is 1. The van der Waals surface area contributed by atoms with Gasteiger partial charge in [-0.2, -0.15) is 5.10 Å². The van der Waals surface area contributed by atoms with Crippen molar-refractivity contribution in [3.8, 4) is 5.75 Å². The summed E-state index contributed by atoms with van der Waals surface area (Å²) in [5.41, 5.74) is 3.97. The number of hydrazine groups is 1. The van der Waals surface area contributed by atoms with Crippen molar-refractivity contribution in [2.24, 2.45) is 12.9 Å². The summed E-state index contributed by atoms with van der Waals surface area (Å²) in [6.07, 6.45) is 2.22. The highest BCUT2D eigenvalue weighted by atomic mass is 19.1. The van der Waals surface area contributed by atoms with E-state index < -0.39 is 0 Å². The average Bonchev–Trinajstić information content (AvgIpc) is 2.84. The summed E-state index contributed by atoms with van der Waals surface area (Å²) in [6, 6.07) is 6.66. The first-order valence-electron chi connectivity index (χ1n) is 5.92. The van der Waals surface area contributed by atoms with Gasteiger partial charge in [-0.25, -0.2) is 4.39 Å². The molecule has 0 radical (unpaired) electrons. The first-order chi connectivity index (χ1) is 9.15. The molecule has 102 valence electrons. The highest BCUT2D eigenvalue weighted by Gasteiger charge is 2.17. The van der Waals surface area contributed by atoms with Crippen LogP contribution in [0.25, 0.3) is 0 Å². The topological polar surface area (TPSA) is 65.1 Å². The maximum absolute atomic E-state index is 14.1. The minimum atomic E-state index is -0.360. The zero-order chi connectivity index (χ0) is 13.8. The van der Waals surface area contributed by atoms with Crippen LogP contribution in [0.15, 0.2) is 30.5 Å². The fraction of sp³-hybridized carbons (Fsp3) is 0.308. The summed E-state index contributed by atoms with van der Waals surface area (Å²) >= 11 is 0. The number of hydrogen-bond donors (Lipinski definition) is 2. The van der Waals surface area contributed by atoms with Gasteiger partial charge in [0.15, 0.2) is 11.6 Å². The van der Waals surface area contributed by atoms with Gasteiger partial charge in [0.1, 0.15) is 0 Å². The molecule has 3 N–H and O–H groups in total. The molecule has 1 unspecified atom stereocenters. The Morgan fingerprint density at radius 1 is 1.47 bits per heavy atom. The Labute approximate surface area is 111 Å². The van der Waals surface area contributed by atoms with Crippen molar-refractivity contribution >= 4 is 0 Å². The third-order valence-corrected chi connectivity index (χ3v) is 2.98. The van der Waals surface area contributed by atoms with Crippen molar-refractivity contribution in [2.45, 2.75) is 12.5 Å². The predicted octanol–water partition coefficient (Wildman–Crippen LogP) is 1.31. The third-order valence-electron chi connectivity index (χ3n) is 2.98. The van der Waals surface area contributed by atoms with Gasteiger partial charge in [-0.15, -0.1) is 0 Å². The second kappa shape index (κ2) is 5.81. The molecule has 1 aromatic heterocycles. The molecule has 5 nitrogen and oxygen atoms in total. The minimum Gasteiger partial charge on any atom is -0.494 e. The van der Waals surface area contributed by atoms with Crippen molar-refractivity contribution in [3.05, 3.63) is 47.5 Å². The van der Waals surface area contributed by atoms with Gasteiger partial charge in [-0.1, -0.05) is 12.1 Å². The summed E-state index contributed by atoms with van der Waals surface area (Å²) < 4.78 is 20.7. The summed E-state index contributed by atoms with van der Waals surface area (Å²) in [5, 5.41) is 4.27. The van der Waals surface area contributed by atoms with Gasteiger partial charge in [0.25, 0.3) is 0 Å². The fourth-order valence-electron chi connectivity index (χ4n) is 1.96. The fourth-order valence-corrected chi connectivity index (χ4v) is 1.96. The van der Waals surface area contributed by atoms with Crippen LogP contribution >= 0.6 is 0 Å². The highest BCUT2D eigenvalue weighted by molar-refractivity contribution is 5.32. The van der Waals surface area contributed by atoms with Gasteiger partial charge in [0, 0.05) is 13.2 Å². The van der Waals surface area contributed by atoms with E-state index in [0.717, 1.165) is 5.69 Å². The molecule has 1 heterocycles. The molecule has 6 heteroatoms. The second-order valence-corrected chi connectivity index (χ2v) is 4.27. The van der Waals surface area contributed by atoms with Crippen LogP contribution in [0.5, 0.6) is 5.75 Å². The van der Waals surface area contributed by atoms with E-state index >= 15 is 0 Å². The van der Waals surface area contributed by atoms with Gasteiger partial charge in [-0.05, 0) is 24.1 Å². The van der Waals surface area contributed by atoms with Gasteiger partial charge < -0.3 is 4.74 Å². The van der Waals surface area contributed by atoms with Crippen molar-refractivity contribution in [2.75, 3.05) is 7.11 Å². The molecule has 0 aliphatic rings. The Morgan fingerprint density at radius 2 is 2.26 bits per heavy atom. The monoisotopic (exact) mass is 264 g/mol. The third kappa shape index (κ3) is 2.91. The van der Waals surface area contributed by atoms with Crippen LogP contribution in [0.2, 0.25) is 0 Å². The van der Waals surface area contributed by atoms with Crippen LogP contribution in [-0.2, 0) is 13.5 Å². The molecule has 1 atom stereocenters. The van der Waals surface area contributed by atoms with E-state index in [1.807, 2.05) is 19.3 Å². The van der Waals surface area contributed by atoms with Crippen molar-refractivity contribution < 1.29 is 9.13 Å². The van der Waals surface area contributed by atoms with Crippen LogP contribution in [0.1, 0.15) is 17.3 Å². The molecule has 0 saturated carbocycles. The number of nitrogens with zero attached hydrogens (tertiary/aromatic N) is 2. The Hall–Kier alpha value is -1.92. The zero-order valence-electron chi connectivity index (χ0n) is 10.9. The van der Waals surface area contributed by atoms with Gasteiger partial charge >= 0.3 is 0 Å². The first-order valence-corrected chi connectivity index (χ1v) is 5.92. The molecule has 0 fully saturated rings. The molecule has 0 aliphatic carbocycles. The molecule has 2 aromatic rings. The normalized spacial score (nSPS) is 12.4. The molecule has 0 bridgehead atoms. The van der Waals surface area contributed by atoms with Gasteiger partial charge in [0.05, 0.1) is 18.8 Å². The van der Waals surface area contributed by atoms with Crippen molar-refractivity contribution in [1.29, 1.82) is 0 Å². The van der Waals surface area contributed by atoms with Crippen LogP contribution in [0.3, 0.4) is 0 Å². The lowest BCUT2D eigenvalue weighted by molar-refractivity contribution is 0.382. The molecule has 0 saturated heterocycles. The number of ether oxygens (including phenoxy) is 1. The van der Waals surface area contributed by atoms with Gasteiger partial charge in [-0.3, -0.25) is 16.0 Å². The summed E-state index contributed by atoms with van der Waals surface area (Å²) in [5.74, 6) is 5.40. The lowest BCUT2D eigenvalue weighted by atomic mass is 10.0. The highest BCUT2D eigenvalue weighted by Crippen LogP contribution is 2.24. The number of nitrogens with one attached hydrogen (secondary N) is 1. The minimum absolute atomic E-state index is 0.231. The molecule has 1 aromatic carbocycles. The van der Waals surface area contributed by atoms with E-state index in [1.54, 1.807) is 22.9 Å². The van der Waals surface area contributed by atoms with Crippen molar-refractivity contribution in [3.63, 3.8) is 0 Å². The molecule has 2 rings (SSSR count). The maximum atomic E-state index is 14.1. The Balaban J connectivity index is 2.23. The van der Waals surface area contributed by atoms with Crippen LogP contribution < -0.4 is 16.0 Å². The van der Waals surface area contributed by atoms with Gasteiger partial charge in [0.2, 0.25) is 0 Å². The maximum Gasteiger partial charge on any atom is 0.168 e. The molecule has 19 heavy (non-hydrogen) atoms. The number of aryl methyl sites for hydroxylation is 1. The standard InChI is InChI=1S/C13H17FN4O/c1-18-7-6-10(17-18)11(16-15)8-9-4-3-5-12(19-2)13(9)14/h3-7,11,16H,8,15H2,1-2H3. The van der Waals surface area contributed by atoms with E-state index in [1.165, 1.54) is 7.11 Å². The van der Waals surface area contributed by atoms with Crippen LogP contribution in [0, 0.1) is 5.82 Å². The molecular formula is C13H17FN4O. The predicted molar refractivity (Wildman–Crippen MR) is 69.9 cm³/mol. The Bertz CT molecular complexity index is 555. The average molecular weight is 264 g/mol. The number of hydrogen-bond acceptors (Lipinski definition) is 4. The number of methoxy groups -OCH3 is 1. The van der Waals surface area contributed by atoms with E-state index in [0.29, 0.717) is 12.0 Å². The van der Waals surface area contributed by atoms with E-state index in [-0.39, 0.29) is 17.6 Å². The second-order valence-electron chi connectivity index (χ2n) is 4.27. The summed E-state index contributed by atoms with van der Waals surface area (Å²) in [6.45, 7) is 0. The smallest absolute Gasteiger partial charge is 0.168 e. The SMILES string of the molecule is COc1cccc(CC(NN)c2ccn(C)n2)c1F. The molecular weight excluding hydrogens is 247 g/mol. The lowest BCUT2D eigenvalue weighted by Gasteiger charge is -2.15. The first kappa shape index (κ1) is 13.5. The molecule has 0 spiro atoms. The number of aromatic nitrogens is 2. The van der Waals surface area contributed by atoms with E-state index in [4.69, 9.17) is 10.6 Å². The quantitative estimate of drug-likeness (QED) is 0.631.